The fourth-order valence-electron chi connectivity index (χ4n) is 4.55. The second-order valence-corrected chi connectivity index (χ2v) is 9.62. The van der Waals surface area contributed by atoms with Crippen LogP contribution in [0.25, 0.3) is 10.9 Å². The van der Waals surface area contributed by atoms with Gasteiger partial charge in [-0.05, 0) is 88.9 Å². The molecule has 0 amide bonds. The molecule has 0 saturated carbocycles. The molecule has 1 N–H and O–H groups in total. The van der Waals surface area contributed by atoms with E-state index in [4.69, 9.17) is 14.3 Å². The molecule has 1 aromatic carbocycles. The lowest BCUT2D eigenvalue weighted by molar-refractivity contribution is -0.134. The zero-order valence-electron chi connectivity index (χ0n) is 28.9. The number of likely N-dealkylation sites (tertiary alicyclic amines) is 1. The predicted octanol–water partition coefficient (Wildman–Crippen LogP) is 8.52. The molecule has 4 nitrogen and oxygen atoms in total. The molecule has 2 heterocycles. The molecule has 0 bridgehead atoms. The maximum absolute atomic E-state index is 12.7. The van der Waals surface area contributed by atoms with Crippen molar-refractivity contribution in [3.63, 3.8) is 0 Å². The Morgan fingerprint density at radius 3 is 2.69 bits per heavy atom. The van der Waals surface area contributed by atoms with Gasteiger partial charge in [-0.3, -0.25) is 4.79 Å². The lowest BCUT2D eigenvalue weighted by atomic mass is 10.0. The van der Waals surface area contributed by atoms with E-state index < -0.39 is 25.8 Å². The van der Waals surface area contributed by atoms with Gasteiger partial charge in [0.2, 0.25) is 0 Å². The van der Waals surface area contributed by atoms with Gasteiger partial charge in [0.15, 0.2) is 0 Å². The number of hydrogen-bond acceptors (Lipinski definition) is 3. The van der Waals surface area contributed by atoms with E-state index in [0.29, 0.717) is 42.3 Å². The third-order valence-electron chi connectivity index (χ3n) is 6.62. The van der Waals surface area contributed by atoms with Crippen LogP contribution in [0, 0.1) is 0 Å². The number of H-pyrrole nitrogens is 1. The van der Waals surface area contributed by atoms with Crippen molar-refractivity contribution < 1.29 is 19.1 Å². The first-order chi connectivity index (χ1) is 20.4. The number of unbranched alkanes of at least 4 members (excludes halogenated alkanes) is 8. The van der Waals surface area contributed by atoms with Gasteiger partial charge >= 0.3 is 5.97 Å². The first-order valence-electron chi connectivity index (χ1n) is 17.3. The number of nitrogens with zero attached hydrogens (tertiary/aromatic N) is 1. The van der Waals surface area contributed by atoms with Gasteiger partial charge in [0.1, 0.15) is 5.75 Å². The SMILES string of the molecule is [2H]C([2H])(/C=C\CCCCC)/C=C\CCCCCCCC(=O)Oc1cccc2[nH]cc(C([2H])([2H])[C@H]3CCCN3C([2H])([2H])[2H])c12. The van der Waals surface area contributed by atoms with Crippen molar-refractivity contribution in [1.82, 2.24) is 9.88 Å². The third-order valence-corrected chi connectivity index (χ3v) is 6.62. The Balaban J connectivity index is 1.45. The summed E-state index contributed by atoms with van der Waals surface area (Å²) in [5.74, 6) is -0.0957. The molecular formula is C32H48N2O2. The van der Waals surface area contributed by atoms with Crippen molar-refractivity contribution in [2.75, 3.05) is 13.5 Å². The predicted molar refractivity (Wildman–Crippen MR) is 153 cm³/mol. The highest BCUT2D eigenvalue weighted by molar-refractivity contribution is 5.91. The maximum Gasteiger partial charge on any atom is 0.311 e. The first kappa shape index (κ1) is 19.7. The zero-order valence-corrected chi connectivity index (χ0v) is 21.9. The number of aromatic nitrogens is 1. The number of nitrogens with one attached hydrogen (secondary N) is 1. The first-order valence-corrected chi connectivity index (χ1v) is 13.8. The van der Waals surface area contributed by atoms with Crippen LogP contribution in [-0.4, -0.2) is 35.4 Å². The standard InChI is InChI=1S/C32H48N2O2/c1-3-4-5-6-7-8-9-10-11-12-13-14-15-16-17-23-31(35)36-30-22-18-21-29-32(30)27(26-33-29)25-28-20-19-24-34(28)2/h7-8,10-11,18,21-22,26,28,33H,3-6,9,12-17,19-20,23-25H2,1-2H3/b8-7-,11-10-/t28-/m1/s1/i2D3,9D2,25D2. The molecule has 198 valence electrons. The number of allylic oxidation sites excluding steroid dienone is 4. The number of rotatable bonds is 17. The highest BCUT2D eigenvalue weighted by atomic mass is 16.5. The van der Waals surface area contributed by atoms with Crippen LogP contribution in [0.1, 0.15) is 112 Å². The average Bonchev–Trinajstić information content (AvgIpc) is 3.61. The number of fused-ring (bicyclic) bond motifs is 1. The highest BCUT2D eigenvalue weighted by Gasteiger charge is 2.23. The zero-order chi connectivity index (χ0) is 31.5. The van der Waals surface area contributed by atoms with Crippen molar-refractivity contribution in [2.24, 2.45) is 0 Å². The molecule has 1 aromatic heterocycles. The summed E-state index contributed by atoms with van der Waals surface area (Å²) in [6, 6.07) is 4.38. The molecule has 2 aromatic rings. The van der Waals surface area contributed by atoms with Gasteiger partial charge in [0.25, 0.3) is 0 Å². The summed E-state index contributed by atoms with van der Waals surface area (Å²) < 4.78 is 63.3. The summed E-state index contributed by atoms with van der Waals surface area (Å²) in [4.78, 5) is 17.1. The number of carbonyl (C=O) groups is 1. The summed E-state index contributed by atoms with van der Waals surface area (Å²) in [6.07, 6.45) is 16.3. The Morgan fingerprint density at radius 1 is 1.11 bits per heavy atom. The fraction of sp³-hybridized carbons (Fsp3) is 0.594. The summed E-state index contributed by atoms with van der Waals surface area (Å²) in [5.41, 5.74) is 0.935. The smallest absolute Gasteiger partial charge is 0.311 e. The fourth-order valence-corrected chi connectivity index (χ4v) is 4.55. The van der Waals surface area contributed by atoms with Gasteiger partial charge in [0.05, 0.1) is 0 Å². The van der Waals surface area contributed by atoms with Crippen LogP contribution in [-0.2, 0) is 11.2 Å². The molecule has 0 unspecified atom stereocenters. The molecule has 0 aliphatic carbocycles. The van der Waals surface area contributed by atoms with Crippen LogP contribution in [0.4, 0.5) is 0 Å². The van der Waals surface area contributed by atoms with E-state index >= 15 is 0 Å². The minimum absolute atomic E-state index is 0.253. The monoisotopic (exact) mass is 499 g/mol. The average molecular weight is 500 g/mol. The van der Waals surface area contributed by atoms with Crippen molar-refractivity contribution in [2.45, 2.75) is 109 Å². The van der Waals surface area contributed by atoms with E-state index in [1.165, 1.54) is 11.3 Å². The van der Waals surface area contributed by atoms with Crippen LogP contribution in [0.15, 0.2) is 48.7 Å². The molecule has 3 rings (SSSR count). The third kappa shape index (κ3) is 9.61. The molecule has 1 fully saturated rings. The van der Waals surface area contributed by atoms with Crippen molar-refractivity contribution in [3.8, 4) is 5.75 Å². The van der Waals surface area contributed by atoms with Gasteiger partial charge in [0, 0.05) is 39.2 Å². The number of hydrogen-bond donors (Lipinski definition) is 1. The largest absolute Gasteiger partial charge is 0.426 e. The van der Waals surface area contributed by atoms with Crippen molar-refractivity contribution in [1.29, 1.82) is 0 Å². The molecule has 0 radical (unpaired) electrons. The summed E-state index contributed by atoms with van der Waals surface area (Å²) in [6.45, 7) is 0.0900. The van der Waals surface area contributed by atoms with E-state index in [1.807, 2.05) is 12.2 Å². The highest BCUT2D eigenvalue weighted by Crippen LogP contribution is 2.32. The molecule has 1 atom stereocenters. The number of ether oxygens (including phenoxy) is 1. The van der Waals surface area contributed by atoms with Crippen LogP contribution in [0.5, 0.6) is 5.75 Å². The quantitative estimate of drug-likeness (QED) is 0.103. The van der Waals surface area contributed by atoms with Crippen LogP contribution < -0.4 is 4.74 Å². The van der Waals surface area contributed by atoms with Crippen LogP contribution in [0.3, 0.4) is 0 Å². The lowest BCUT2D eigenvalue weighted by Gasteiger charge is -2.19. The van der Waals surface area contributed by atoms with Gasteiger partial charge in [-0.2, -0.15) is 0 Å². The van der Waals surface area contributed by atoms with Gasteiger partial charge < -0.3 is 14.6 Å². The molecule has 1 aliphatic rings. The normalized spacial score (nSPS) is 20.7. The van der Waals surface area contributed by atoms with Crippen molar-refractivity contribution >= 4 is 16.9 Å². The van der Waals surface area contributed by atoms with Crippen molar-refractivity contribution in [3.05, 3.63) is 54.3 Å². The molecule has 1 saturated heterocycles. The topological polar surface area (TPSA) is 45.3 Å². The molecule has 1 aliphatic heterocycles. The molecule has 0 spiro atoms. The van der Waals surface area contributed by atoms with E-state index in [0.717, 1.165) is 51.4 Å². The Labute approximate surface area is 229 Å². The second kappa shape index (κ2) is 16.4. The Morgan fingerprint density at radius 2 is 1.89 bits per heavy atom. The van der Waals surface area contributed by atoms with E-state index in [-0.39, 0.29) is 18.1 Å². The van der Waals surface area contributed by atoms with Crippen LogP contribution in [0.2, 0.25) is 0 Å². The number of benzene rings is 1. The number of likely N-dealkylation sites (N-methyl/N-ethyl adjacent to an activating group) is 1. The number of carbonyl (C=O) groups excluding carboxylic acids is 1. The molecule has 4 heteroatoms. The van der Waals surface area contributed by atoms with Gasteiger partial charge in [-0.25, -0.2) is 0 Å². The molecule has 36 heavy (non-hydrogen) atoms. The Hall–Kier alpha value is -2.33. The summed E-state index contributed by atoms with van der Waals surface area (Å²) >= 11 is 0. The minimum Gasteiger partial charge on any atom is -0.426 e. The number of esters is 1. The van der Waals surface area contributed by atoms with Crippen LogP contribution >= 0.6 is 0 Å². The van der Waals surface area contributed by atoms with E-state index in [2.05, 4.69) is 11.9 Å². The second-order valence-electron chi connectivity index (χ2n) is 9.62. The Kier molecular flexibility index (Phi) is 9.00. The molecular weight excluding hydrogens is 444 g/mol. The summed E-state index contributed by atoms with van der Waals surface area (Å²) in [5, 5.41) is 0.475. The Bertz CT molecular complexity index is 1220. The maximum atomic E-state index is 12.7. The van der Waals surface area contributed by atoms with Gasteiger partial charge in [-0.15, -0.1) is 0 Å². The lowest BCUT2D eigenvalue weighted by Crippen LogP contribution is -2.26. The summed E-state index contributed by atoms with van der Waals surface area (Å²) in [7, 11) is 0. The van der Waals surface area contributed by atoms with E-state index in [1.54, 1.807) is 36.5 Å². The van der Waals surface area contributed by atoms with E-state index in [9.17, 15) is 4.79 Å². The number of aromatic amines is 1. The van der Waals surface area contributed by atoms with Gasteiger partial charge in [-0.1, -0.05) is 69.4 Å². The minimum atomic E-state index is -2.38.